The standard InChI is InChI=1S/C13H15NO5/c1-18-11-6-8(13(16)17)2-5-10(11)19-7-12(15)14-9-3-4-9/h2,5-6,9H,3-4,7H2,1H3,(H,14,15)(H,16,17). The maximum Gasteiger partial charge on any atom is 0.335 e. The van der Waals surface area contributed by atoms with Gasteiger partial charge in [0, 0.05) is 6.04 Å². The minimum atomic E-state index is -1.05. The lowest BCUT2D eigenvalue weighted by atomic mass is 10.2. The molecule has 102 valence electrons. The molecule has 0 spiro atoms. The van der Waals surface area contributed by atoms with Crippen LogP contribution < -0.4 is 14.8 Å². The molecular weight excluding hydrogens is 250 g/mol. The summed E-state index contributed by atoms with van der Waals surface area (Å²) in [7, 11) is 1.41. The summed E-state index contributed by atoms with van der Waals surface area (Å²) in [5, 5.41) is 11.7. The van der Waals surface area contributed by atoms with Crippen LogP contribution in [0, 0.1) is 0 Å². The van der Waals surface area contributed by atoms with E-state index in [-0.39, 0.29) is 24.1 Å². The molecule has 2 N–H and O–H groups in total. The lowest BCUT2D eigenvalue weighted by Gasteiger charge is -2.11. The van der Waals surface area contributed by atoms with Crippen molar-refractivity contribution in [3.63, 3.8) is 0 Å². The zero-order valence-electron chi connectivity index (χ0n) is 10.5. The number of carboxylic acid groups (broad SMARTS) is 1. The molecule has 1 aliphatic carbocycles. The van der Waals surface area contributed by atoms with Crippen LogP contribution in [0.4, 0.5) is 0 Å². The Labute approximate surface area is 110 Å². The Bertz CT molecular complexity index is 496. The minimum absolute atomic E-state index is 0.103. The van der Waals surface area contributed by atoms with Gasteiger partial charge in [-0.15, -0.1) is 0 Å². The fourth-order valence-electron chi connectivity index (χ4n) is 1.56. The summed E-state index contributed by atoms with van der Waals surface area (Å²) in [5.74, 6) is -0.597. The average Bonchev–Trinajstić information content (AvgIpc) is 3.19. The second-order valence-corrected chi connectivity index (χ2v) is 4.30. The Balaban J connectivity index is 1.98. The second-order valence-electron chi connectivity index (χ2n) is 4.30. The van der Waals surface area contributed by atoms with Crippen molar-refractivity contribution in [1.82, 2.24) is 5.32 Å². The first kappa shape index (κ1) is 13.2. The van der Waals surface area contributed by atoms with Crippen molar-refractivity contribution in [2.24, 2.45) is 0 Å². The van der Waals surface area contributed by atoms with Gasteiger partial charge in [0.15, 0.2) is 18.1 Å². The number of rotatable bonds is 6. The van der Waals surface area contributed by atoms with Crippen molar-refractivity contribution >= 4 is 11.9 Å². The van der Waals surface area contributed by atoms with Crippen LogP contribution in [0.1, 0.15) is 23.2 Å². The topological polar surface area (TPSA) is 84.9 Å². The molecule has 0 atom stereocenters. The maximum absolute atomic E-state index is 11.5. The Kier molecular flexibility index (Phi) is 3.89. The van der Waals surface area contributed by atoms with Crippen LogP contribution in [-0.4, -0.2) is 36.7 Å². The van der Waals surface area contributed by atoms with Crippen molar-refractivity contribution in [2.45, 2.75) is 18.9 Å². The van der Waals surface area contributed by atoms with Gasteiger partial charge in [-0.25, -0.2) is 4.79 Å². The van der Waals surface area contributed by atoms with Gasteiger partial charge in [-0.2, -0.15) is 0 Å². The molecule has 1 saturated carbocycles. The molecule has 1 aliphatic rings. The predicted octanol–water partition coefficient (Wildman–Crippen LogP) is 1.05. The number of carbonyl (C=O) groups excluding carboxylic acids is 1. The molecule has 1 amide bonds. The highest BCUT2D eigenvalue weighted by Gasteiger charge is 2.23. The molecule has 0 unspecified atom stereocenters. The summed E-state index contributed by atoms with van der Waals surface area (Å²) in [6.07, 6.45) is 2.03. The van der Waals surface area contributed by atoms with Crippen LogP contribution in [0.15, 0.2) is 18.2 Å². The van der Waals surface area contributed by atoms with Gasteiger partial charge in [-0.3, -0.25) is 4.79 Å². The van der Waals surface area contributed by atoms with E-state index in [9.17, 15) is 9.59 Å². The number of nitrogens with one attached hydrogen (secondary N) is 1. The first-order chi connectivity index (χ1) is 9.10. The number of ether oxygens (including phenoxy) is 2. The number of carboxylic acids is 1. The van der Waals surface area contributed by atoms with Gasteiger partial charge >= 0.3 is 5.97 Å². The zero-order valence-corrected chi connectivity index (χ0v) is 10.5. The summed E-state index contributed by atoms with van der Waals surface area (Å²) >= 11 is 0. The SMILES string of the molecule is COc1cc(C(=O)O)ccc1OCC(=O)NC1CC1. The van der Waals surface area contributed by atoms with Gasteiger partial charge in [0.2, 0.25) is 0 Å². The highest BCUT2D eigenvalue weighted by molar-refractivity contribution is 5.88. The highest BCUT2D eigenvalue weighted by atomic mass is 16.5. The van der Waals surface area contributed by atoms with E-state index in [0.717, 1.165) is 12.8 Å². The zero-order chi connectivity index (χ0) is 13.8. The molecule has 6 nitrogen and oxygen atoms in total. The van der Waals surface area contributed by atoms with Crippen LogP contribution >= 0.6 is 0 Å². The van der Waals surface area contributed by atoms with Crippen LogP contribution in [0.25, 0.3) is 0 Å². The number of methoxy groups -OCH3 is 1. The van der Waals surface area contributed by atoms with E-state index >= 15 is 0 Å². The van der Waals surface area contributed by atoms with E-state index in [2.05, 4.69) is 5.32 Å². The third kappa shape index (κ3) is 3.61. The quantitative estimate of drug-likeness (QED) is 0.803. The third-order valence-electron chi connectivity index (χ3n) is 2.71. The smallest absolute Gasteiger partial charge is 0.335 e. The number of hydrogen-bond acceptors (Lipinski definition) is 4. The molecule has 0 bridgehead atoms. The van der Waals surface area contributed by atoms with Crippen molar-refractivity contribution < 1.29 is 24.2 Å². The van der Waals surface area contributed by atoms with E-state index in [4.69, 9.17) is 14.6 Å². The van der Waals surface area contributed by atoms with E-state index in [1.807, 2.05) is 0 Å². The lowest BCUT2D eigenvalue weighted by Crippen LogP contribution is -2.30. The van der Waals surface area contributed by atoms with Crippen LogP contribution in [0.5, 0.6) is 11.5 Å². The average molecular weight is 265 g/mol. The van der Waals surface area contributed by atoms with E-state index in [1.54, 1.807) is 0 Å². The Morgan fingerprint density at radius 2 is 2.11 bits per heavy atom. The van der Waals surface area contributed by atoms with Gasteiger partial charge in [0.05, 0.1) is 12.7 Å². The first-order valence-corrected chi connectivity index (χ1v) is 5.93. The minimum Gasteiger partial charge on any atom is -0.493 e. The number of hydrogen-bond donors (Lipinski definition) is 2. The third-order valence-corrected chi connectivity index (χ3v) is 2.71. The Hall–Kier alpha value is -2.24. The van der Waals surface area contributed by atoms with Gasteiger partial charge in [0.1, 0.15) is 0 Å². The number of benzene rings is 1. The summed E-state index contributed by atoms with van der Waals surface area (Å²) in [4.78, 5) is 22.3. The summed E-state index contributed by atoms with van der Waals surface area (Å²) in [6.45, 7) is -0.112. The predicted molar refractivity (Wildman–Crippen MR) is 66.6 cm³/mol. The molecule has 0 aliphatic heterocycles. The molecule has 0 heterocycles. The monoisotopic (exact) mass is 265 g/mol. The van der Waals surface area contributed by atoms with Crippen LogP contribution in [-0.2, 0) is 4.79 Å². The van der Waals surface area contributed by atoms with Crippen molar-refractivity contribution in [2.75, 3.05) is 13.7 Å². The lowest BCUT2D eigenvalue weighted by molar-refractivity contribution is -0.123. The van der Waals surface area contributed by atoms with Crippen molar-refractivity contribution in [3.8, 4) is 11.5 Å². The summed E-state index contributed by atoms with van der Waals surface area (Å²) in [5.41, 5.74) is 0.103. The molecule has 1 aromatic carbocycles. The molecule has 0 aromatic heterocycles. The molecular formula is C13H15NO5. The van der Waals surface area contributed by atoms with E-state index < -0.39 is 5.97 Å². The molecule has 2 rings (SSSR count). The number of carbonyl (C=O) groups is 2. The van der Waals surface area contributed by atoms with Crippen LogP contribution in [0.2, 0.25) is 0 Å². The summed E-state index contributed by atoms with van der Waals surface area (Å²) < 4.78 is 10.4. The largest absolute Gasteiger partial charge is 0.493 e. The number of amides is 1. The summed E-state index contributed by atoms with van der Waals surface area (Å²) in [6, 6.07) is 4.52. The normalized spacial score (nSPS) is 13.7. The first-order valence-electron chi connectivity index (χ1n) is 5.93. The molecule has 1 fully saturated rings. The molecule has 1 aromatic rings. The molecule has 19 heavy (non-hydrogen) atoms. The van der Waals surface area contributed by atoms with E-state index in [1.165, 1.54) is 25.3 Å². The van der Waals surface area contributed by atoms with Gasteiger partial charge in [-0.05, 0) is 31.0 Å². The fourth-order valence-corrected chi connectivity index (χ4v) is 1.56. The molecule has 6 heteroatoms. The van der Waals surface area contributed by atoms with Gasteiger partial charge in [0.25, 0.3) is 5.91 Å². The van der Waals surface area contributed by atoms with Gasteiger partial charge < -0.3 is 19.9 Å². The maximum atomic E-state index is 11.5. The fraction of sp³-hybridized carbons (Fsp3) is 0.385. The molecule has 0 saturated heterocycles. The van der Waals surface area contributed by atoms with Crippen LogP contribution in [0.3, 0.4) is 0 Å². The highest BCUT2D eigenvalue weighted by Crippen LogP contribution is 2.28. The van der Waals surface area contributed by atoms with Crippen molar-refractivity contribution in [3.05, 3.63) is 23.8 Å². The second kappa shape index (κ2) is 5.60. The van der Waals surface area contributed by atoms with Crippen molar-refractivity contribution in [1.29, 1.82) is 0 Å². The Morgan fingerprint density at radius 1 is 1.37 bits per heavy atom. The van der Waals surface area contributed by atoms with E-state index in [0.29, 0.717) is 11.5 Å². The van der Waals surface area contributed by atoms with Gasteiger partial charge in [-0.1, -0.05) is 0 Å². The molecule has 0 radical (unpaired) electrons. The number of aromatic carboxylic acids is 1. The Morgan fingerprint density at radius 3 is 2.68 bits per heavy atom.